The first-order valence-electron chi connectivity index (χ1n) is 8.95. The Bertz CT molecular complexity index is 759. The number of aryl methyl sites for hydroxylation is 1. The zero-order valence-electron chi connectivity index (χ0n) is 17.0. The van der Waals surface area contributed by atoms with Crippen LogP contribution in [0.5, 0.6) is 17.2 Å². The van der Waals surface area contributed by atoms with Crippen LogP contribution in [0.25, 0.3) is 0 Å². The number of benzene rings is 2. The number of rotatable bonds is 9. The van der Waals surface area contributed by atoms with Gasteiger partial charge >= 0.3 is 0 Å². The third-order valence-electron chi connectivity index (χ3n) is 4.00. The van der Waals surface area contributed by atoms with E-state index >= 15 is 0 Å². The molecule has 7 heteroatoms. The fourth-order valence-corrected chi connectivity index (χ4v) is 2.67. The number of methoxy groups -OCH3 is 2. The quantitative estimate of drug-likeness (QED) is 0.612. The maximum absolute atomic E-state index is 12.7. The van der Waals surface area contributed by atoms with Crippen molar-refractivity contribution in [3.63, 3.8) is 0 Å². The molecule has 0 aliphatic carbocycles. The molecule has 2 aromatic rings. The zero-order chi connectivity index (χ0) is 19.8. The minimum atomic E-state index is -0.293. The van der Waals surface area contributed by atoms with E-state index < -0.39 is 0 Å². The van der Waals surface area contributed by atoms with Gasteiger partial charge in [-0.2, -0.15) is 0 Å². The lowest BCUT2D eigenvalue weighted by Gasteiger charge is -2.15. The number of nitrogens with one attached hydrogen (secondary N) is 2. The van der Waals surface area contributed by atoms with E-state index in [1.807, 2.05) is 25.1 Å². The summed E-state index contributed by atoms with van der Waals surface area (Å²) in [6, 6.07) is 11.2. The number of halogens is 1. The summed E-state index contributed by atoms with van der Waals surface area (Å²) in [5, 5.41) is 6.20. The van der Waals surface area contributed by atoms with Crippen molar-refractivity contribution in [2.75, 3.05) is 32.7 Å². The standard InChI is InChI=1S/C21H28N2O4.ClH/c1-14(2)22-11-12-27-17-10-9-16(13-15(17)3)23-21(24)20-18(25-4)7-6-8-19(20)26-5;/h6-10,13-14,22H,11-12H2,1-5H3,(H,23,24);1H. The maximum atomic E-state index is 12.7. The summed E-state index contributed by atoms with van der Waals surface area (Å²) >= 11 is 0. The normalized spacial score (nSPS) is 10.2. The molecule has 2 rings (SSSR count). The Hall–Kier alpha value is -2.44. The van der Waals surface area contributed by atoms with Gasteiger partial charge in [-0.25, -0.2) is 0 Å². The van der Waals surface area contributed by atoms with Crippen molar-refractivity contribution >= 4 is 24.0 Å². The molecule has 0 fully saturated rings. The molecule has 0 unspecified atom stereocenters. The third-order valence-corrected chi connectivity index (χ3v) is 4.00. The van der Waals surface area contributed by atoms with Gasteiger partial charge in [0.15, 0.2) is 0 Å². The van der Waals surface area contributed by atoms with Gasteiger partial charge in [-0.15, -0.1) is 12.4 Å². The fraction of sp³-hybridized carbons (Fsp3) is 0.381. The molecule has 154 valence electrons. The molecule has 2 aromatic carbocycles. The van der Waals surface area contributed by atoms with Crippen molar-refractivity contribution < 1.29 is 19.0 Å². The molecule has 0 bridgehead atoms. The molecule has 28 heavy (non-hydrogen) atoms. The summed E-state index contributed by atoms with van der Waals surface area (Å²) < 4.78 is 16.4. The molecule has 2 N–H and O–H groups in total. The summed E-state index contributed by atoms with van der Waals surface area (Å²) in [5.74, 6) is 1.43. The third kappa shape index (κ3) is 6.32. The Morgan fingerprint density at radius 2 is 1.68 bits per heavy atom. The van der Waals surface area contributed by atoms with Gasteiger partial charge in [-0.05, 0) is 42.8 Å². The van der Waals surface area contributed by atoms with E-state index in [1.165, 1.54) is 14.2 Å². The van der Waals surface area contributed by atoms with Crippen LogP contribution in [-0.4, -0.2) is 39.3 Å². The van der Waals surface area contributed by atoms with Crippen molar-refractivity contribution in [2.45, 2.75) is 26.8 Å². The second-order valence-corrected chi connectivity index (χ2v) is 6.43. The van der Waals surface area contributed by atoms with E-state index in [2.05, 4.69) is 24.5 Å². The molecule has 1 amide bonds. The van der Waals surface area contributed by atoms with E-state index in [-0.39, 0.29) is 18.3 Å². The van der Waals surface area contributed by atoms with E-state index in [0.29, 0.717) is 35.4 Å². The predicted molar refractivity (Wildman–Crippen MR) is 115 cm³/mol. The first kappa shape index (κ1) is 23.6. The SMILES string of the molecule is COc1cccc(OC)c1C(=O)Nc1ccc(OCCNC(C)C)c(C)c1.Cl. The van der Waals surface area contributed by atoms with Crippen molar-refractivity contribution in [3.05, 3.63) is 47.5 Å². The summed E-state index contributed by atoms with van der Waals surface area (Å²) in [7, 11) is 3.05. The highest BCUT2D eigenvalue weighted by Gasteiger charge is 2.18. The van der Waals surface area contributed by atoms with Crippen LogP contribution in [-0.2, 0) is 0 Å². The number of carbonyl (C=O) groups excluding carboxylic acids is 1. The van der Waals surface area contributed by atoms with Crippen molar-refractivity contribution in [3.8, 4) is 17.2 Å². The Morgan fingerprint density at radius 1 is 1.04 bits per heavy atom. The molecule has 0 saturated carbocycles. The molecule has 0 saturated heterocycles. The van der Waals surface area contributed by atoms with Crippen LogP contribution in [0.1, 0.15) is 29.8 Å². The van der Waals surface area contributed by atoms with Gasteiger partial charge in [-0.1, -0.05) is 19.9 Å². The lowest BCUT2D eigenvalue weighted by molar-refractivity contribution is 0.102. The van der Waals surface area contributed by atoms with E-state index in [4.69, 9.17) is 14.2 Å². The molecule has 0 spiro atoms. The van der Waals surface area contributed by atoms with Gasteiger partial charge in [0.1, 0.15) is 29.4 Å². The van der Waals surface area contributed by atoms with E-state index in [1.54, 1.807) is 18.2 Å². The molecular formula is C21H29ClN2O4. The second-order valence-electron chi connectivity index (χ2n) is 6.43. The maximum Gasteiger partial charge on any atom is 0.263 e. The number of amides is 1. The number of hydrogen-bond donors (Lipinski definition) is 2. The van der Waals surface area contributed by atoms with E-state index in [0.717, 1.165) is 17.9 Å². The molecule has 0 heterocycles. The van der Waals surface area contributed by atoms with Crippen LogP contribution in [0, 0.1) is 6.92 Å². The smallest absolute Gasteiger partial charge is 0.263 e. The first-order chi connectivity index (χ1) is 13.0. The van der Waals surface area contributed by atoms with Gasteiger partial charge in [-0.3, -0.25) is 4.79 Å². The largest absolute Gasteiger partial charge is 0.496 e. The number of ether oxygens (including phenoxy) is 3. The van der Waals surface area contributed by atoms with Gasteiger partial charge in [0.05, 0.1) is 14.2 Å². The monoisotopic (exact) mass is 408 g/mol. The number of carbonyl (C=O) groups is 1. The molecule has 6 nitrogen and oxygen atoms in total. The average molecular weight is 409 g/mol. The Morgan fingerprint density at radius 3 is 2.21 bits per heavy atom. The summed E-state index contributed by atoms with van der Waals surface area (Å²) in [6.45, 7) is 7.51. The topological polar surface area (TPSA) is 68.8 Å². The van der Waals surface area contributed by atoms with Crippen LogP contribution < -0.4 is 24.8 Å². The van der Waals surface area contributed by atoms with Crippen molar-refractivity contribution in [2.24, 2.45) is 0 Å². The second kappa shape index (κ2) is 11.4. The van der Waals surface area contributed by atoms with Crippen LogP contribution in [0.15, 0.2) is 36.4 Å². The molecule has 0 aliphatic heterocycles. The number of hydrogen-bond acceptors (Lipinski definition) is 5. The zero-order valence-corrected chi connectivity index (χ0v) is 17.8. The molecule has 0 atom stereocenters. The van der Waals surface area contributed by atoms with Crippen molar-refractivity contribution in [1.82, 2.24) is 5.32 Å². The lowest BCUT2D eigenvalue weighted by atomic mass is 10.1. The fourth-order valence-electron chi connectivity index (χ4n) is 2.67. The Kier molecular flexibility index (Phi) is 9.62. The summed E-state index contributed by atoms with van der Waals surface area (Å²) in [4.78, 5) is 12.7. The van der Waals surface area contributed by atoms with E-state index in [9.17, 15) is 4.79 Å². The van der Waals surface area contributed by atoms with Crippen LogP contribution in [0.3, 0.4) is 0 Å². The highest BCUT2D eigenvalue weighted by atomic mass is 35.5. The van der Waals surface area contributed by atoms with Gasteiger partial charge in [0.2, 0.25) is 0 Å². The van der Waals surface area contributed by atoms with Gasteiger partial charge in [0.25, 0.3) is 5.91 Å². The Labute approximate surface area is 173 Å². The Balaban J connectivity index is 0.00000392. The summed E-state index contributed by atoms with van der Waals surface area (Å²) in [6.07, 6.45) is 0. The molecule has 0 aliphatic rings. The van der Waals surface area contributed by atoms with Crippen LogP contribution in [0.2, 0.25) is 0 Å². The minimum absolute atomic E-state index is 0. The minimum Gasteiger partial charge on any atom is -0.496 e. The van der Waals surface area contributed by atoms with Gasteiger partial charge in [0, 0.05) is 18.3 Å². The molecular weight excluding hydrogens is 380 g/mol. The molecule has 0 aromatic heterocycles. The average Bonchev–Trinajstić information content (AvgIpc) is 2.65. The molecule has 0 radical (unpaired) electrons. The number of anilines is 1. The summed E-state index contributed by atoms with van der Waals surface area (Å²) in [5.41, 5.74) is 1.99. The first-order valence-corrected chi connectivity index (χ1v) is 8.95. The highest BCUT2D eigenvalue weighted by molar-refractivity contribution is 6.08. The van der Waals surface area contributed by atoms with Crippen molar-refractivity contribution in [1.29, 1.82) is 0 Å². The lowest BCUT2D eigenvalue weighted by Crippen LogP contribution is -2.27. The predicted octanol–water partition coefficient (Wildman–Crippen LogP) is 4.06. The van der Waals surface area contributed by atoms with Gasteiger partial charge < -0.3 is 24.8 Å². The highest BCUT2D eigenvalue weighted by Crippen LogP contribution is 2.29. The van der Waals surface area contributed by atoms with Crippen LogP contribution in [0.4, 0.5) is 5.69 Å². The van der Waals surface area contributed by atoms with Crippen LogP contribution >= 0.6 is 12.4 Å².